The molecule has 102 valence electrons. The maximum Gasteiger partial charge on any atom is 0.366 e. The lowest BCUT2D eigenvalue weighted by atomic mass is 10.5. The topological polar surface area (TPSA) is 45.2 Å². The molecule has 0 unspecified atom stereocenters. The number of hydrogen-bond donors (Lipinski definition) is 1. The second-order valence-corrected chi connectivity index (χ2v) is 4.05. The first-order valence-corrected chi connectivity index (χ1v) is 6.59. The zero-order valence-corrected chi connectivity index (χ0v) is 11.5. The lowest BCUT2D eigenvalue weighted by molar-refractivity contribution is -0.106. The van der Waals surface area contributed by atoms with Crippen LogP contribution in [0, 0.1) is 0 Å². The van der Waals surface area contributed by atoms with E-state index >= 15 is 0 Å². The van der Waals surface area contributed by atoms with E-state index in [9.17, 15) is 4.89 Å². The molecular formula is C12H21N2O3P. The van der Waals surface area contributed by atoms with Gasteiger partial charge in [0, 0.05) is 26.2 Å². The number of rotatable bonds is 12. The Balaban J connectivity index is 4.20. The van der Waals surface area contributed by atoms with Crippen molar-refractivity contribution < 1.29 is 14.1 Å². The summed E-state index contributed by atoms with van der Waals surface area (Å²) in [5, 5.41) is 3.01. The molecule has 6 heteroatoms. The molecule has 0 bridgehead atoms. The van der Waals surface area contributed by atoms with Gasteiger partial charge in [0.25, 0.3) is 0 Å². The maximum absolute atomic E-state index is 9.70. The van der Waals surface area contributed by atoms with Gasteiger partial charge in [0.15, 0.2) is 0 Å². The van der Waals surface area contributed by atoms with E-state index in [-0.39, 0.29) is 0 Å². The van der Waals surface area contributed by atoms with Gasteiger partial charge < -0.3 is 4.89 Å². The highest BCUT2D eigenvalue weighted by atomic mass is 31.2. The summed E-state index contributed by atoms with van der Waals surface area (Å²) in [6.07, 6.45) is 6.66. The van der Waals surface area contributed by atoms with Crippen LogP contribution in [-0.4, -0.2) is 41.2 Å². The second kappa shape index (κ2) is 11.3. The van der Waals surface area contributed by atoms with Crippen molar-refractivity contribution in [3.8, 4) is 0 Å². The Bertz CT molecular complexity index is 228. The zero-order valence-electron chi connectivity index (χ0n) is 10.6. The number of hydrogen-bond acceptors (Lipinski definition) is 5. The Morgan fingerprint density at radius 2 is 1.06 bits per heavy atom. The van der Waals surface area contributed by atoms with Crippen LogP contribution in [-0.2, 0) is 9.25 Å². The Labute approximate surface area is 110 Å². The average Bonchev–Trinajstić information content (AvgIpc) is 2.30. The van der Waals surface area contributed by atoms with Crippen LogP contribution in [0.1, 0.15) is 0 Å². The van der Waals surface area contributed by atoms with Gasteiger partial charge >= 0.3 is 8.60 Å². The first-order chi connectivity index (χ1) is 8.67. The first kappa shape index (κ1) is 17.2. The standard InChI is InChI=1S/C12H21N2O3P/c1-5-9-13(10-6-2)16-18(15)17-14(11-7-3)12-8-4/h5-8,15H,1-4,9-12H2. The van der Waals surface area contributed by atoms with Crippen LogP contribution in [0.5, 0.6) is 0 Å². The lowest BCUT2D eigenvalue weighted by Crippen LogP contribution is -2.26. The van der Waals surface area contributed by atoms with Crippen LogP contribution >= 0.6 is 8.60 Å². The smallest absolute Gasteiger partial charge is 0.326 e. The van der Waals surface area contributed by atoms with Gasteiger partial charge in [-0.15, -0.1) is 26.3 Å². The van der Waals surface area contributed by atoms with E-state index in [2.05, 4.69) is 26.3 Å². The van der Waals surface area contributed by atoms with E-state index in [1.54, 1.807) is 24.3 Å². The summed E-state index contributed by atoms with van der Waals surface area (Å²) in [6.45, 7) is 16.3. The van der Waals surface area contributed by atoms with Crippen LogP contribution < -0.4 is 0 Å². The van der Waals surface area contributed by atoms with Gasteiger partial charge in [-0.1, -0.05) is 24.3 Å². The Morgan fingerprint density at radius 1 is 0.778 bits per heavy atom. The third-order valence-electron chi connectivity index (χ3n) is 1.70. The molecule has 0 spiro atoms. The van der Waals surface area contributed by atoms with Crippen molar-refractivity contribution in [1.82, 2.24) is 10.1 Å². The van der Waals surface area contributed by atoms with E-state index in [0.717, 1.165) is 0 Å². The quantitative estimate of drug-likeness (QED) is 0.336. The number of hydroxylamine groups is 4. The van der Waals surface area contributed by atoms with E-state index in [4.69, 9.17) is 9.25 Å². The Kier molecular flexibility index (Phi) is 10.8. The highest BCUT2D eigenvalue weighted by molar-refractivity contribution is 7.40. The van der Waals surface area contributed by atoms with E-state index in [0.29, 0.717) is 26.2 Å². The van der Waals surface area contributed by atoms with Gasteiger partial charge in [-0.05, 0) is 0 Å². The molecule has 18 heavy (non-hydrogen) atoms. The summed E-state index contributed by atoms with van der Waals surface area (Å²) >= 11 is 0. The SMILES string of the molecule is C=CCN(CC=C)OP(O)ON(CC=C)CC=C. The van der Waals surface area contributed by atoms with Crippen molar-refractivity contribution >= 4 is 8.60 Å². The molecular weight excluding hydrogens is 251 g/mol. The van der Waals surface area contributed by atoms with Crippen LogP contribution in [0.25, 0.3) is 0 Å². The first-order valence-electron chi connectivity index (χ1n) is 5.46. The second-order valence-electron chi connectivity index (χ2n) is 3.25. The molecule has 0 saturated carbocycles. The molecule has 0 aliphatic rings. The fourth-order valence-electron chi connectivity index (χ4n) is 1.07. The molecule has 0 atom stereocenters. The zero-order chi connectivity index (χ0) is 13.8. The summed E-state index contributed by atoms with van der Waals surface area (Å²) in [5.41, 5.74) is 0. The molecule has 0 saturated heterocycles. The van der Waals surface area contributed by atoms with Gasteiger partial charge in [-0.3, -0.25) is 0 Å². The minimum atomic E-state index is -2.04. The van der Waals surface area contributed by atoms with Crippen molar-refractivity contribution in [2.45, 2.75) is 0 Å². The molecule has 0 radical (unpaired) electrons. The van der Waals surface area contributed by atoms with Crippen LogP contribution in [0.15, 0.2) is 50.6 Å². The van der Waals surface area contributed by atoms with Gasteiger partial charge in [0.2, 0.25) is 0 Å². The van der Waals surface area contributed by atoms with Crippen LogP contribution in [0.2, 0.25) is 0 Å². The summed E-state index contributed by atoms with van der Waals surface area (Å²) in [5.74, 6) is 0. The molecule has 5 nitrogen and oxygen atoms in total. The van der Waals surface area contributed by atoms with Crippen molar-refractivity contribution in [2.75, 3.05) is 26.2 Å². The fourth-order valence-corrected chi connectivity index (χ4v) is 1.76. The van der Waals surface area contributed by atoms with Crippen molar-refractivity contribution in [3.05, 3.63) is 50.6 Å². The van der Waals surface area contributed by atoms with Gasteiger partial charge in [-0.25, -0.2) is 9.25 Å². The largest absolute Gasteiger partial charge is 0.366 e. The van der Waals surface area contributed by atoms with Crippen molar-refractivity contribution in [3.63, 3.8) is 0 Å². The summed E-state index contributed by atoms with van der Waals surface area (Å²) in [4.78, 5) is 9.70. The molecule has 0 aromatic rings. The average molecular weight is 272 g/mol. The highest BCUT2D eigenvalue weighted by Gasteiger charge is 2.16. The molecule has 0 fully saturated rings. The van der Waals surface area contributed by atoms with Crippen LogP contribution in [0.3, 0.4) is 0 Å². The molecule has 1 N–H and O–H groups in total. The van der Waals surface area contributed by atoms with E-state index in [1.807, 2.05) is 0 Å². The van der Waals surface area contributed by atoms with E-state index < -0.39 is 8.60 Å². The predicted molar refractivity (Wildman–Crippen MR) is 75.2 cm³/mol. The molecule has 0 aromatic heterocycles. The Hall–Kier alpha value is -0.810. The predicted octanol–water partition coefficient (Wildman–Crippen LogP) is 2.42. The minimum absolute atomic E-state index is 0.470. The monoisotopic (exact) mass is 272 g/mol. The normalized spacial score (nSPS) is 10.9. The highest BCUT2D eigenvalue weighted by Crippen LogP contribution is 2.35. The summed E-state index contributed by atoms with van der Waals surface area (Å²) < 4.78 is 10.5. The van der Waals surface area contributed by atoms with Gasteiger partial charge in [-0.2, -0.15) is 10.1 Å². The molecule has 0 aliphatic carbocycles. The van der Waals surface area contributed by atoms with Gasteiger partial charge in [0.1, 0.15) is 0 Å². The molecule has 0 amide bonds. The molecule has 0 heterocycles. The maximum atomic E-state index is 9.70. The third kappa shape index (κ3) is 8.31. The summed E-state index contributed by atoms with van der Waals surface area (Å²) in [7, 11) is -2.04. The molecule has 0 rings (SSSR count). The minimum Gasteiger partial charge on any atom is -0.326 e. The van der Waals surface area contributed by atoms with Crippen LogP contribution in [0.4, 0.5) is 0 Å². The van der Waals surface area contributed by atoms with E-state index in [1.165, 1.54) is 10.1 Å². The Morgan fingerprint density at radius 3 is 1.28 bits per heavy atom. The lowest BCUT2D eigenvalue weighted by Gasteiger charge is -2.24. The fraction of sp³-hybridized carbons (Fsp3) is 0.333. The summed E-state index contributed by atoms with van der Waals surface area (Å²) in [6, 6.07) is 0. The molecule has 0 aliphatic heterocycles. The third-order valence-corrected chi connectivity index (χ3v) is 2.44. The molecule has 0 aromatic carbocycles. The van der Waals surface area contributed by atoms with Crippen molar-refractivity contribution in [2.24, 2.45) is 0 Å². The van der Waals surface area contributed by atoms with Crippen molar-refractivity contribution in [1.29, 1.82) is 0 Å². The number of nitrogens with zero attached hydrogens (tertiary/aromatic N) is 2. The van der Waals surface area contributed by atoms with Gasteiger partial charge in [0.05, 0.1) is 0 Å².